The quantitative estimate of drug-likeness (QED) is 0.110. The van der Waals surface area contributed by atoms with E-state index in [-0.39, 0.29) is 6.71 Å². The summed E-state index contributed by atoms with van der Waals surface area (Å²) in [5.74, 6) is 0. The van der Waals surface area contributed by atoms with E-state index in [1.807, 2.05) is 0 Å². The molecule has 0 fully saturated rings. The molecule has 0 spiro atoms. The predicted octanol–water partition coefficient (Wildman–Crippen LogP) is 11.4. The maximum absolute atomic E-state index is 2.42. The average Bonchev–Trinajstić information content (AvgIpc) is 3.49. The van der Waals surface area contributed by atoms with Crippen molar-refractivity contribution < 1.29 is 0 Å². The Morgan fingerprint density at radius 2 is 1.00 bits per heavy atom. The van der Waals surface area contributed by atoms with Crippen LogP contribution in [-0.4, -0.2) is 11.3 Å². The first-order valence-electron chi connectivity index (χ1n) is 19.3. The van der Waals surface area contributed by atoms with Gasteiger partial charge < -0.3 is 4.57 Å². The Labute approximate surface area is 321 Å². The summed E-state index contributed by atoms with van der Waals surface area (Å²) in [6.07, 6.45) is 2.33. The Morgan fingerprint density at radius 3 is 1.57 bits per heavy atom. The molecule has 2 heteroatoms. The molecule has 0 N–H and O–H groups in total. The molecular weight excluding hydrogens is 649 g/mol. The molecule has 0 aliphatic heterocycles. The molecule has 0 amide bonds. The zero-order chi connectivity index (χ0) is 37.5. The van der Waals surface area contributed by atoms with Crippen LogP contribution in [0.25, 0.3) is 44.6 Å². The number of nitrogens with zero attached hydrogens (tertiary/aromatic N) is 1. The molecule has 8 aromatic rings. The van der Waals surface area contributed by atoms with Gasteiger partial charge in [-0.25, -0.2) is 0 Å². The number of fused-ring (bicyclic) bond motifs is 3. The molecule has 0 radical (unpaired) electrons. The number of aromatic nitrogens is 1. The third kappa shape index (κ3) is 6.52. The Hall–Kier alpha value is -5.86. The van der Waals surface area contributed by atoms with Crippen LogP contribution in [0.15, 0.2) is 146 Å². The smallest absolute Gasteiger partial charge is 0.242 e. The van der Waals surface area contributed by atoms with E-state index in [1.165, 1.54) is 105 Å². The number of rotatable bonds is 8. The van der Waals surface area contributed by atoms with E-state index in [9.17, 15) is 0 Å². The fourth-order valence-electron chi connectivity index (χ4n) is 9.09. The molecule has 7 aromatic carbocycles. The van der Waals surface area contributed by atoms with Crippen molar-refractivity contribution in [3.05, 3.63) is 196 Å². The van der Waals surface area contributed by atoms with E-state index in [1.54, 1.807) is 0 Å². The molecule has 0 aliphatic carbocycles. The van der Waals surface area contributed by atoms with Crippen molar-refractivity contribution in [3.63, 3.8) is 0 Å². The standard InChI is InChI=1S/C52H48BN/c1-8-54-49-17-13-12-16-46(49)48-33-44(24-27-50(48)54)47(32-40-14-10-9-11-15-40)43-20-18-41(19-21-43)42-22-25-45(26-23-42)53(51-36(4)28-34(2)29-37(51)5)52-38(6)30-35(3)31-39(52)7/h9-33H,8H2,1-7H3/b47-32+. The van der Waals surface area contributed by atoms with Crippen molar-refractivity contribution in [3.8, 4) is 11.1 Å². The second-order valence-electron chi connectivity index (χ2n) is 15.2. The second-order valence-corrected chi connectivity index (χ2v) is 15.2. The first-order chi connectivity index (χ1) is 26.2. The van der Waals surface area contributed by atoms with Gasteiger partial charge in [0.05, 0.1) is 0 Å². The van der Waals surface area contributed by atoms with Crippen LogP contribution in [0.2, 0.25) is 0 Å². The van der Waals surface area contributed by atoms with Gasteiger partial charge in [-0.3, -0.25) is 0 Å². The second kappa shape index (κ2) is 14.5. The van der Waals surface area contributed by atoms with Crippen molar-refractivity contribution in [1.82, 2.24) is 4.57 Å². The van der Waals surface area contributed by atoms with Gasteiger partial charge in [-0.1, -0.05) is 177 Å². The zero-order valence-corrected chi connectivity index (χ0v) is 32.7. The molecule has 1 aromatic heterocycles. The van der Waals surface area contributed by atoms with E-state index < -0.39 is 0 Å². The molecule has 0 unspecified atom stereocenters. The normalized spacial score (nSPS) is 11.8. The minimum absolute atomic E-state index is 0.164. The molecular formula is C52H48BN. The molecule has 0 aliphatic rings. The molecule has 0 bridgehead atoms. The Kier molecular flexibility index (Phi) is 9.46. The summed E-state index contributed by atoms with van der Waals surface area (Å²) >= 11 is 0. The molecule has 1 heterocycles. The van der Waals surface area contributed by atoms with E-state index in [2.05, 4.69) is 205 Å². The fraction of sp³-hybridized carbons (Fsp3) is 0.154. The van der Waals surface area contributed by atoms with Crippen LogP contribution in [0.5, 0.6) is 0 Å². The predicted molar refractivity (Wildman–Crippen MR) is 236 cm³/mol. The highest BCUT2D eigenvalue weighted by Gasteiger charge is 2.28. The van der Waals surface area contributed by atoms with Crippen molar-refractivity contribution in [2.24, 2.45) is 0 Å². The summed E-state index contributed by atoms with van der Waals surface area (Å²) in [6, 6.07) is 54.3. The van der Waals surface area contributed by atoms with Crippen LogP contribution in [0.1, 0.15) is 57.0 Å². The van der Waals surface area contributed by atoms with Crippen LogP contribution in [0.4, 0.5) is 0 Å². The van der Waals surface area contributed by atoms with E-state index in [0.29, 0.717) is 0 Å². The summed E-state index contributed by atoms with van der Waals surface area (Å²) in [6.45, 7) is 16.8. The maximum Gasteiger partial charge on any atom is 0.242 e. The van der Waals surface area contributed by atoms with E-state index >= 15 is 0 Å². The number of benzene rings is 7. The van der Waals surface area contributed by atoms with Crippen molar-refractivity contribution in [2.75, 3.05) is 0 Å². The SMILES string of the molecule is CCn1c2ccccc2c2cc(/C(=C/c3ccccc3)c3ccc(-c4ccc(B(c5c(C)cc(C)cc5C)c5c(C)cc(C)cc5C)cc4)cc3)ccc21. The number of aryl methyl sites for hydroxylation is 7. The molecule has 0 atom stereocenters. The lowest BCUT2D eigenvalue weighted by molar-refractivity contribution is 0.827. The molecule has 1 nitrogen and oxygen atoms in total. The van der Waals surface area contributed by atoms with E-state index in [0.717, 1.165) is 6.54 Å². The van der Waals surface area contributed by atoms with Crippen LogP contribution >= 0.6 is 0 Å². The Balaban J connectivity index is 1.18. The lowest BCUT2D eigenvalue weighted by Crippen LogP contribution is -2.55. The summed E-state index contributed by atoms with van der Waals surface area (Å²) in [4.78, 5) is 0. The number of para-hydroxylation sites is 1. The largest absolute Gasteiger partial charge is 0.341 e. The first-order valence-corrected chi connectivity index (χ1v) is 19.3. The topological polar surface area (TPSA) is 4.93 Å². The van der Waals surface area contributed by atoms with Gasteiger partial charge in [-0.2, -0.15) is 0 Å². The summed E-state index contributed by atoms with van der Waals surface area (Å²) in [7, 11) is 0. The van der Waals surface area contributed by atoms with Crippen molar-refractivity contribution in [2.45, 2.75) is 55.0 Å². The summed E-state index contributed by atoms with van der Waals surface area (Å²) < 4.78 is 2.42. The first kappa shape index (κ1) is 35.2. The van der Waals surface area contributed by atoms with Gasteiger partial charge in [-0.05, 0) is 106 Å². The van der Waals surface area contributed by atoms with Gasteiger partial charge in [0, 0.05) is 28.4 Å². The highest BCUT2D eigenvalue weighted by Crippen LogP contribution is 2.35. The Bertz CT molecular complexity index is 2570. The molecule has 264 valence electrons. The minimum Gasteiger partial charge on any atom is -0.341 e. The molecule has 54 heavy (non-hydrogen) atoms. The maximum atomic E-state index is 2.42. The van der Waals surface area contributed by atoms with Gasteiger partial charge >= 0.3 is 0 Å². The Morgan fingerprint density at radius 1 is 0.500 bits per heavy atom. The fourth-order valence-corrected chi connectivity index (χ4v) is 9.09. The highest BCUT2D eigenvalue weighted by molar-refractivity contribution is 6.96. The van der Waals surface area contributed by atoms with Gasteiger partial charge in [0.15, 0.2) is 0 Å². The van der Waals surface area contributed by atoms with Gasteiger partial charge in [0.25, 0.3) is 0 Å². The number of hydrogen-bond donors (Lipinski definition) is 0. The summed E-state index contributed by atoms with van der Waals surface area (Å²) in [5.41, 5.74) is 22.0. The third-order valence-electron chi connectivity index (χ3n) is 11.3. The van der Waals surface area contributed by atoms with Gasteiger partial charge in [0.1, 0.15) is 0 Å². The average molecular weight is 698 g/mol. The van der Waals surface area contributed by atoms with Gasteiger partial charge in [-0.15, -0.1) is 0 Å². The lowest BCUT2D eigenvalue weighted by atomic mass is 9.34. The van der Waals surface area contributed by atoms with E-state index in [4.69, 9.17) is 0 Å². The zero-order valence-electron chi connectivity index (χ0n) is 32.7. The van der Waals surface area contributed by atoms with Crippen LogP contribution in [0, 0.1) is 41.5 Å². The van der Waals surface area contributed by atoms with Crippen molar-refractivity contribution in [1.29, 1.82) is 0 Å². The molecule has 0 saturated heterocycles. The van der Waals surface area contributed by atoms with Crippen LogP contribution < -0.4 is 16.4 Å². The molecule has 8 rings (SSSR count). The van der Waals surface area contributed by atoms with Gasteiger partial charge in [0.2, 0.25) is 6.71 Å². The highest BCUT2D eigenvalue weighted by atomic mass is 15.0. The lowest BCUT2D eigenvalue weighted by Gasteiger charge is -2.24. The number of hydrogen-bond acceptors (Lipinski definition) is 0. The monoisotopic (exact) mass is 697 g/mol. The van der Waals surface area contributed by atoms with Crippen LogP contribution in [0.3, 0.4) is 0 Å². The summed E-state index contributed by atoms with van der Waals surface area (Å²) in [5, 5.41) is 2.60. The van der Waals surface area contributed by atoms with Crippen LogP contribution in [-0.2, 0) is 6.54 Å². The van der Waals surface area contributed by atoms with Crippen molar-refractivity contribution >= 4 is 56.6 Å². The third-order valence-corrected chi connectivity index (χ3v) is 11.3. The molecule has 0 saturated carbocycles. The minimum atomic E-state index is 0.164.